The Kier molecular flexibility index (Phi) is 7.50. The summed E-state index contributed by atoms with van der Waals surface area (Å²) in [6, 6.07) is 26.6. The third kappa shape index (κ3) is 6.33. The third-order valence-electron chi connectivity index (χ3n) is 7.62. The van der Waals surface area contributed by atoms with Crippen LogP contribution in [-0.2, 0) is 17.6 Å². The molecule has 2 atom stereocenters. The molecule has 0 aliphatic carbocycles. The molecule has 2 aliphatic rings. The lowest BCUT2D eigenvalue weighted by Gasteiger charge is -2.43. The average molecular weight is 498 g/mol. The molecule has 2 aliphatic heterocycles. The fourth-order valence-electron chi connectivity index (χ4n) is 5.68. The van der Waals surface area contributed by atoms with Crippen molar-refractivity contribution in [1.29, 1.82) is 0 Å². The fourth-order valence-corrected chi connectivity index (χ4v) is 5.68. The smallest absolute Gasteiger partial charge is 0.410 e. The molecule has 0 N–H and O–H groups in total. The summed E-state index contributed by atoms with van der Waals surface area (Å²) in [4.78, 5) is 21.6. The van der Waals surface area contributed by atoms with Crippen molar-refractivity contribution in [1.82, 2.24) is 9.88 Å². The number of hydrogen-bond donors (Lipinski definition) is 0. The minimum atomic E-state index is -0.464. The summed E-state index contributed by atoms with van der Waals surface area (Å²) in [6.07, 6.45) is 6.33. The second-order valence-corrected chi connectivity index (χ2v) is 11.6. The van der Waals surface area contributed by atoms with Crippen molar-refractivity contribution in [2.24, 2.45) is 5.92 Å². The van der Waals surface area contributed by atoms with Gasteiger partial charge >= 0.3 is 6.09 Å². The standard InChI is InChI=1S/C32H39N3O2/c1-32(2,3)37-31(36)34-22-28(23-34)27-16-17-30(33-21-27)35-18-10-15-26(19-24-11-6-4-7-12-24)29(35)20-25-13-8-5-9-14-25/h4-9,11-14,16-17,21,26,28-29H,10,15,18-20,22-23H2,1-3H3. The van der Waals surface area contributed by atoms with Crippen LogP contribution in [0.1, 0.15) is 56.2 Å². The summed E-state index contributed by atoms with van der Waals surface area (Å²) in [5, 5.41) is 0. The Morgan fingerprint density at radius 3 is 2.16 bits per heavy atom. The Bertz CT molecular complexity index is 1150. The lowest BCUT2D eigenvalue weighted by atomic mass is 9.81. The first-order valence-electron chi connectivity index (χ1n) is 13.6. The van der Waals surface area contributed by atoms with Crippen LogP contribution in [0.3, 0.4) is 0 Å². The van der Waals surface area contributed by atoms with Crippen LogP contribution in [0.5, 0.6) is 0 Å². The molecular weight excluding hydrogens is 458 g/mol. The number of anilines is 1. The van der Waals surface area contributed by atoms with Crippen molar-refractivity contribution in [2.75, 3.05) is 24.5 Å². The molecule has 5 nitrogen and oxygen atoms in total. The number of aromatic nitrogens is 1. The highest BCUT2D eigenvalue weighted by Crippen LogP contribution is 2.34. The van der Waals surface area contributed by atoms with E-state index in [4.69, 9.17) is 9.72 Å². The first kappa shape index (κ1) is 25.3. The Morgan fingerprint density at radius 2 is 1.57 bits per heavy atom. The van der Waals surface area contributed by atoms with Crippen LogP contribution in [-0.4, -0.2) is 47.3 Å². The van der Waals surface area contributed by atoms with Crippen molar-refractivity contribution >= 4 is 11.9 Å². The number of carbonyl (C=O) groups excluding carboxylic acids is 1. The number of rotatable bonds is 6. The van der Waals surface area contributed by atoms with E-state index in [9.17, 15) is 4.79 Å². The van der Waals surface area contributed by atoms with Gasteiger partial charge in [0.2, 0.25) is 0 Å². The molecule has 0 spiro atoms. The lowest BCUT2D eigenvalue weighted by molar-refractivity contribution is 0.00816. The number of pyridine rings is 1. The molecule has 1 amide bonds. The predicted octanol–water partition coefficient (Wildman–Crippen LogP) is 6.49. The molecule has 2 fully saturated rings. The number of likely N-dealkylation sites (tertiary alicyclic amines) is 1. The first-order valence-corrected chi connectivity index (χ1v) is 13.6. The van der Waals surface area contributed by atoms with E-state index in [0.29, 0.717) is 31.0 Å². The van der Waals surface area contributed by atoms with E-state index in [1.807, 2.05) is 27.0 Å². The molecule has 2 saturated heterocycles. The summed E-state index contributed by atoms with van der Waals surface area (Å²) in [7, 11) is 0. The van der Waals surface area contributed by atoms with E-state index in [0.717, 1.165) is 25.2 Å². The van der Waals surface area contributed by atoms with Gasteiger partial charge in [-0.2, -0.15) is 0 Å². The second-order valence-electron chi connectivity index (χ2n) is 11.6. The van der Waals surface area contributed by atoms with Crippen LogP contribution in [0.2, 0.25) is 0 Å². The normalized spacial score (nSPS) is 20.4. The van der Waals surface area contributed by atoms with Gasteiger partial charge in [0.15, 0.2) is 0 Å². The van der Waals surface area contributed by atoms with E-state index in [-0.39, 0.29) is 6.09 Å². The van der Waals surface area contributed by atoms with Gasteiger partial charge in [0, 0.05) is 37.8 Å². The number of nitrogens with zero attached hydrogens (tertiary/aromatic N) is 3. The lowest BCUT2D eigenvalue weighted by Crippen LogP contribution is -2.50. The molecule has 3 heterocycles. The van der Waals surface area contributed by atoms with E-state index in [2.05, 4.69) is 77.7 Å². The summed E-state index contributed by atoms with van der Waals surface area (Å²) in [5.41, 5.74) is 3.52. The molecule has 5 heteroatoms. The van der Waals surface area contributed by atoms with Gasteiger partial charge in [-0.15, -0.1) is 0 Å². The van der Waals surface area contributed by atoms with E-state index in [1.54, 1.807) is 4.90 Å². The molecule has 0 radical (unpaired) electrons. The molecule has 1 aromatic heterocycles. The monoisotopic (exact) mass is 497 g/mol. The van der Waals surface area contributed by atoms with Crippen LogP contribution in [0, 0.1) is 5.92 Å². The number of carbonyl (C=O) groups is 1. The van der Waals surface area contributed by atoms with Gasteiger partial charge in [0.05, 0.1) is 0 Å². The molecule has 0 saturated carbocycles. The maximum absolute atomic E-state index is 12.3. The highest BCUT2D eigenvalue weighted by molar-refractivity contribution is 5.69. The zero-order valence-electron chi connectivity index (χ0n) is 22.3. The van der Waals surface area contributed by atoms with Crippen LogP contribution >= 0.6 is 0 Å². The molecule has 2 aromatic carbocycles. The van der Waals surface area contributed by atoms with Gasteiger partial charge in [-0.1, -0.05) is 66.7 Å². The van der Waals surface area contributed by atoms with Crippen molar-refractivity contribution in [3.8, 4) is 0 Å². The van der Waals surface area contributed by atoms with Gasteiger partial charge < -0.3 is 14.5 Å². The van der Waals surface area contributed by atoms with Crippen LogP contribution in [0.15, 0.2) is 79.0 Å². The molecule has 2 unspecified atom stereocenters. The van der Waals surface area contributed by atoms with Crippen LogP contribution < -0.4 is 4.90 Å². The SMILES string of the molecule is CC(C)(C)OC(=O)N1CC(c2ccc(N3CCCC(Cc4ccccc4)C3Cc3ccccc3)nc2)C1. The van der Waals surface area contributed by atoms with E-state index < -0.39 is 5.60 Å². The predicted molar refractivity (Wildman–Crippen MR) is 149 cm³/mol. The van der Waals surface area contributed by atoms with Crippen molar-refractivity contribution < 1.29 is 9.53 Å². The van der Waals surface area contributed by atoms with Gasteiger partial charge in [0.25, 0.3) is 0 Å². The molecule has 5 rings (SSSR count). The van der Waals surface area contributed by atoms with E-state index >= 15 is 0 Å². The Labute approximate surface area is 221 Å². The van der Waals surface area contributed by atoms with Crippen LogP contribution in [0.4, 0.5) is 10.6 Å². The molecule has 0 bridgehead atoms. The third-order valence-corrected chi connectivity index (χ3v) is 7.62. The van der Waals surface area contributed by atoms with Gasteiger partial charge in [-0.05, 0) is 75.1 Å². The molecule has 194 valence electrons. The van der Waals surface area contributed by atoms with Crippen LogP contribution in [0.25, 0.3) is 0 Å². The zero-order chi connectivity index (χ0) is 25.8. The zero-order valence-corrected chi connectivity index (χ0v) is 22.3. The maximum Gasteiger partial charge on any atom is 0.410 e. The Balaban J connectivity index is 1.29. The second kappa shape index (κ2) is 11.0. The summed E-state index contributed by atoms with van der Waals surface area (Å²) in [5.74, 6) is 1.96. The summed E-state index contributed by atoms with van der Waals surface area (Å²) >= 11 is 0. The van der Waals surface area contributed by atoms with Crippen molar-refractivity contribution in [3.63, 3.8) is 0 Å². The van der Waals surface area contributed by atoms with Crippen molar-refractivity contribution in [3.05, 3.63) is 95.7 Å². The summed E-state index contributed by atoms with van der Waals surface area (Å²) in [6.45, 7) is 8.12. The maximum atomic E-state index is 12.3. The quantitative estimate of drug-likeness (QED) is 0.391. The molecule has 37 heavy (non-hydrogen) atoms. The molecular formula is C32H39N3O2. The number of ether oxygens (including phenoxy) is 1. The minimum absolute atomic E-state index is 0.227. The first-order chi connectivity index (χ1) is 17.9. The van der Waals surface area contributed by atoms with Gasteiger partial charge in [-0.25, -0.2) is 9.78 Å². The van der Waals surface area contributed by atoms with Crippen molar-refractivity contribution in [2.45, 2.75) is 64.0 Å². The largest absolute Gasteiger partial charge is 0.444 e. The number of benzene rings is 2. The number of amides is 1. The van der Waals surface area contributed by atoms with Gasteiger partial charge in [-0.3, -0.25) is 0 Å². The number of piperidine rings is 1. The highest BCUT2D eigenvalue weighted by Gasteiger charge is 2.36. The topological polar surface area (TPSA) is 45.7 Å². The Hall–Kier alpha value is -3.34. The Morgan fingerprint density at radius 1 is 0.919 bits per heavy atom. The minimum Gasteiger partial charge on any atom is -0.444 e. The summed E-state index contributed by atoms with van der Waals surface area (Å²) < 4.78 is 5.50. The highest BCUT2D eigenvalue weighted by atomic mass is 16.6. The number of hydrogen-bond acceptors (Lipinski definition) is 4. The average Bonchev–Trinajstić information content (AvgIpc) is 2.85. The van der Waals surface area contributed by atoms with E-state index in [1.165, 1.54) is 29.5 Å². The van der Waals surface area contributed by atoms with Gasteiger partial charge in [0.1, 0.15) is 11.4 Å². The fraction of sp³-hybridized carbons (Fsp3) is 0.438. The molecule has 3 aromatic rings.